The number of hydrogen-bond donors (Lipinski definition) is 2. The van der Waals surface area contributed by atoms with E-state index in [2.05, 4.69) is 19.9 Å². The van der Waals surface area contributed by atoms with Gasteiger partial charge < -0.3 is 15.5 Å². The average Bonchev–Trinajstić information content (AvgIpc) is 2.15. The second-order valence-corrected chi connectivity index (χ2v) is 2.54. The van der Waals surface area contributed by atoms with Crippen LogP contribution in [-0.2, 0) is 0 Å². The highest BCUT2D eigenvalue weighted by atomic mass is 16.5. The summed E-state index contributed by atoms with van der Waals surface area (Å²) in [5.74, 6) is 0.266. The Kier molecular flexibility index (Phi) is 1.77. The Balaban J connectivity index is 2.87. The second kappa shape index (κ2) is 2.95. The molecule has 0 atom stereocenters. The highest BCUT2D eigenvalue weighted by Gasteiger charge is 2.07. The number of anilines is 1. The topological polar surface area (TPSA) is 107 Å². The van der Waals surface area contributed by atoms with Crippen molar-refractivity contribution in [3.05, 3.63) is 16.6 Å². The minimum Gasteiger partial charge on any atom is -0.479 e. The van der Waals surface area contributed by atoms with Gasteiger partial charge >= 0.3 is 0 Å². The van der Waals surface area contributed by atoms with Crippen molar-refractivity contribution in [3.8, 4) is 5.88 Å². The van der Waals surface area contributed by atoms with Crippen LogP contribution >= 0.6 is 0 Å². The maximum absolute atomic E-state index is 10.9. The van der Waals surface area contributed by atoms with E-state index in [0.29, 0.717) is 5.52 Å². The van der Waals surface area contributed by atoms with Gasteiger partial charge in [-0.15, -0.1) is 0 Å². The molecule has 2 rings (SSSR count). The third-order valence-electron chi connectivity index (χ3n) is 1.62. The zero-order valence-corrected chi connectivity index (χ0v) is 7.31. The molecule has 0 radical (unpaired) electrons. The molecule has 0 spiro atoms. The van der Waals surface area contributed by atoms with Gasteiger partial charge in [0.05, 0.1) is 13.3 Å². The number of ether oxygens (including phenoxy) is 1. The predicted molar refractivity (Wildman–Crippen MR) is 48.9 cm³/mol. The molecule has 7 nitrogen and oxygen atoms in total. The maximum Gasteiger partial charge on any atom is 0.268 e. The first kappa shape index (κ1) is 8.42. The number of aromatic amines is 1. The Hall–Kier alpha value is -2.18. The van der Waals surface area contributed by atoms with Crippen molar-refractivity contribution in [2.24, 2.45) is 0 Å². The fraction of sp³-hybridized carbons (Fsp3) is 0.143. The summed E-state index contributed by atoms with van der Waals surface area (Å²) in [4.78, 5) is 24.9. The molecule has 3 N–H and O–H groups in total. The van der Waals surface area contributed by atoms with Gasteiger partial charge in [-0.05, 0) is 0 Å². The molecule has 0 fully saturated rings. The molecule has 2 heterocycles. The van der Waals surface area contributed by atoms with Gasteiger partial charge in [-0.3, -0.25) is 4.79 Å². The van der Waals surface area contributed by atoms with Crippen LogP contribution in [0.15, 0.2) is 11.0 Å². The molecule has 0 bridgehead atoms. The van der Waals surface area contributed by atoms with Crippen molar-refractivity contribution in [2.75, 3.05) is 12.8 Å². The number of aromatic nitrogens is 4. The van der Waals surface area contributed by atoms with Gasteiger partial charge in [0.25, 0.3) is 5.56 Å². The fourth-order valence-electron chi connectivity index (χ4n) is 1.07. The Morgan fingerprint density at radius 3 is 3.00 bits per heavy atom. The van der Waals surface area contributed by atoms with Gasteiger partial charge in [-0.1, -0.05) is 0 Å². The quantitative estimate of drug-likeness (QED) is 0.620. The molecule has 0 saturated heterocycles. The van der Waals surface area contributed by atoms with Crippen molar-refractivity contribution >= 4 is 17.1 Å². The molecule has 72 valence electrons. The highest BCUT2D eigenvalue weighted by Crippen LogP contribution is 2.16. The normalized spacial score (nSPS) is 10.4. The molecule has 0 aliphatic rings. The summed E-state index contributed by atoms with van der Waals surface area (Å²) in [5.41, 5.74) is 5.69. The number of H-pyrrole nitrogens is 1. The van der Waals surface area contributed by atoms with Crippen LogP contribution in [0.4, 0.5) is 5.95 Å². The molecule has 0 amide bonds. The lowest BCUT2D eigenvalue weighted by Gasteiger charge is -2.02. The van der Waals surface area contributed by atoms with Crippen LogP contribution in [-0.4, -0.2) is 27.0 Å². The Morgan fingerprint density at radius 2 is 2.29 bits per heavy atom. The number of hydrogen-bond acceptors (Lipinski definition) is 6. The third kappa shape index (κ3) is 1.24. The number of rotatable bonds is 1. The average molecular weight is 193 g/mol. The Morgan fingerprint density at radius 1 is 1.50 bits per heavy atom. The largest absolute Gasteiger partial charge is 0.479 e. The number of fused-ring (bicyclic) bond motifs is 1. The summed E-state index contributed by atoms with van der Waals surface area (Å²) in [6.45, 7) is 0. The number of methoxy groups -OCH3 is 1. The van der Waals surface area contributed by atoms with Crippen LogP contribution in [0.5, 0.6) is 5.88 Å². The summed E-state index contributed by atoms with van der Waals surface area (Å²) < 4.78 is 4.93. The van der Waals surface area contributed by atoms with Gasteiger partial charge in [0.2, 0.25) is 11.8 Å². The summed E-state index contributed by atoms with van der Waals surface area (Å²) in [6.07, 6.45) is 1.13. The van der Waals surface area contributed by atoms with E-state index in [-0.39, 0.29) is 23.0 Å². The smallest absolute Gasteiger partial charge is 0.268 e. The SMILES string of the molecule is COc1nc(N)nc2[nH]c(=O)cnc12. The minimum atomic E-state index is -0.349. The van der Waals surface area contributed by atoms with E-state index in [9.17, 15) is 4.79 Å². The number of nitrogens with zero attached hydrogens (tertiary/aromatic N) is 3. The molecular formula is C7H7N5O2. The molecule has 2 aromatic heterocycles. The molecular weight excluding hydrogens is 186 g/mol. The zero-order chi connectivity index (χ0) is 10.1. The lowest BCUT2D eigenvalue weighted by molar-refractivity contribution is 0.402. The summed E-state index contributed by atoms with van der Waals surface area (Å²) in [6, 6.07) is 0. The number of nitrogens with one attached hydrogen (secondary N) is 1. The van der Waals surface area contributed by atoms with E-state index in [1.807, 2.05) is 0 Å². The summed E-state index contributed by atoms with van der Waals surface area (Å²) in [7, 11) is 1.44. The van der Waals surface area contributed by atoms with Crippen molar-refractivity contribution in [1.82, 2.24) is 19.9 Å². The van der Waals surface area contributed by atoms with Gasteiger partial charge in [0.15, 0.2) is 11.2 Å². The highest BCUT2D eigenvalue weighted by molar-refractivity contribution is 5.75. The lowest BCUT2D eigenvalue weighted by Crippen LogP contribution is -2.09. The first-order chi connectivity index (χ1) is 6.70. The first-order valence-corrected chi connectivity index (χ1v) is 3.77. The monoisotopic (exact) mass is 193 g/mol. The molecule has 14 heavy (non-hydrogen) atoms. The van der Waals surface area contributed by atoms with Crippen LogP contribution in [0.25, 0.3) is 11.2 Å². The van der Waals surface area contributed by atoms with Crippen LogP contribution in [0, 0.1) is 0 Å². The van der Waals surface area contributed by atoms with E-state index in [1.165, 1.54) is 7.11 Å². The Labute approximate surface area is 78.0 Å². The van der Waals surface area contributed by atoms with Gasteiger partial charge in [0, 0.05) is 0 Å². The first-order valence-electron chi connectivity index (χ1n) is 3.77. The van der Waals surface area contributed by atoms with Crippen molar-refractivity contribution < 1.29 is 4.74 Å². The van der Waals surface area contributed by atoms with E-state index >= 15 is 0 Å². The fourth-order valence-corrected chi connectivity index (χ4v) is 1.07. The van der Waals surface area contributed by atoms with Crippen LogP contribution in [0.2, 0.25) is 0 Å². The molecule has 0 aliphatic carbocycles. The van der Waals surface area contributed by atoms with Crippen LogP contribution < -0.4 is 16.0 Å². The van der Waals surface area contributed by atoms with Gasteiger partial charge in [-0.25, -0.2) is 4.98 Å². The van der Waals surface area contributed by atoms with E-state index in [4.69, 9.17) is 10.5 Å². The van der Waals surface area contributed by atoms with Crippen molar-refractivity contribution in [3.63, 3.8) is 0 Å². The second-order valence-electron chi connectivity index (χ2n) is 2.54. The van der Waals surface area contributed by atoms with E-state index < -0.39 is 0 Å². The lowest BCUT2D eigenvalue weighted by atomic mass is 10.5. The molecule has 7 heteroatoms. The van der Waals surface area contributed by atoms with Crippen LogP contribution in [0.1, 0.15) is 0 Å². The number of nitrogens with two attached hydrogens (primary N) is 1. The van der Waals surface area contributed by atoms with Crippen molar-refractivity contribution in [2.45, 2.75) is 0 Å². The molecule has 0 aliphatic heterocycles. The molecule has 0 saturated carbocycles. The predicted octanol–water partition coefficient (Wildman–Crippen LogP) is -0.696. The van der Waals surface area contributed by atoms with Crippen molar-refractivity contribution in [1.29, 1.82) is 0 Å². The zero-order valence-electron chi connectivity index (χ0n) is 7.31. The third-order valence-corrected chi connectivity index (χ3v) is 1.62. The maximum atomic E-state index is 10.9. The van der Waals surface area contributed by atoms with Gasteiger partial charge in [0.1, 0.15) is 0 Å². The molecule has 2 aromatic rings. The number of nitrogen functional groups attached to an aromatic ring is 1. The standard InChI is InChI=1S/C7H7N5O2/c1-14-6-4-5(11-7(8)12-6)10-3(13)2-9-4/h2H,1H3,(H3,8,10,11,12,13). The summed E-state index contributed by atoms with van der Waals surface area (Å²) in [5, 5.41) is 0. The molecule has 0 aromatic carbocycles. The van der Waals surface area contributed by atoms with E-state index in [0.717, 1.165) is 6.20 Å². The minimum absolute atomic E-state index is 0.0259. The molecule has 0 unspecified atom stereocenters. The van der Waals surface area contributed by atoms with E-state index in [1.54, 1.807) is 0 Å². The van der Waals surface area contributed by atoms with Gasteiger partial charge in [-0.2, -0.15) is 9.97 Å². The Bertz CT molecular complexity index is 535. The summed E-state index contributed by atoms with van der Waals surface area (Å²) >= 11 is 0. The van der Waals surface area contributed by atoms with Crippen LogP contribution in [0.3, 0.4) is 0 Å².